The Labute approximate surface area is 165 Å². The molecule has 0 bridgehead atoms. The topological polar surface area (TPSA) is 38.3 Å². The van der Waals surface area contributed by atoms with Gasteiger partial charge in [-0.1, -0.05) is 57.2 Å². The first kappa shape index (κ1) is 20.5. The van der Waals surface area contributed by atoms with Gasteiger partial charge in [0.1, 0.15) is 5.75 Å². The lowest BCUT2D eigenvalue weighted by Gasteiger charge is -2.20. The number of hydrogen-bond donors (Lipinski definition) is 1. The molecular weight excluding hydrogens is 390 g/mol. The Morgan fingerprint density at radius 3 is 2.50 bits per heavy atom. The Hall–Kier alpha value is -1.81. The summed E-state index contributed by atoms with van der Waals surface area (Å²) < 4.78 is 6.76. The quantitative estimate of drug-likeness (QED) is 0.594. The van der Waals surface area contributed by atoms with Crippen LogP contribution in [-0.2, 0) is 16.6 Å². The van der Waals surface area contributed by atoms with Crippen molar-refractivity contribution in [2.24, 2.45) is 0 Å². The van der Waals surface area contributed by atoms with Gasteiger partial charge in [-0.2, -0.15) is 0 Å². The molecule has 4 heteroatoms. The molecule has 0 saturated carbocycles. The van der Waals surface area contributed by atoms with Crippen molar-refractivity contribution in [3.8, 4) is 5.75 Å². The van der Waals surface area contributed by atoms with Crippen LogP contribution in [0.4, 0.5) is 0 Å². The molecule has 0 radical (unpaired) electrons. The molecule has 0 heterocycles. The van der Waals surface area contributed by atoms with Crippen LogP contribution in [0, 0.1) is 0 Å². The Bertz CT molecular complexity index is 708. The predicted molar refractivity (Wildman–Crippen MR) is 111 cm³/mol. The summed E-state index contributed by atoms with van der Waals surface area (Å²) in [6, 6.07) is 16.4. The van der Waals surface area contributed by atoms with Crippen LogP contribution in [0.25, 0.3) is 0 Å². The van der Waals surface area contributed by atoms with E-state index >= 15 is 0 Å². The number of carbonyl (C=O) groups is 1. The molecule has 0 unspecified atom stereocenters. The molecule has 0 saturated heterocycles. The first-order chi connectivity index (χ1) is 12.4. The summed E-state index contributed by atoms with van der Waals surface area (Å²) in [6.45, 7) is 7.76. The van der Waals surface area contributed by atoms with Crippen molar-refractivity contribution < 1.29 is 9.53 Å². The Balaban J connectivity index is 1.66. The highest BCUT2D eigenvalue weighted by molar-refractivity contribution is 9.10. The average Bonchev–Trinajstić information content (AvgIpc) is 2.60. The van der Waals surface area contributed by atoms with Crippen molar-refractivity contribution in [1.29, 1.82) is 0 Å². The molecule has 0 aliphatic rings. The lowest BCUT2D eigenvalue weighted by molar-refractivity contribution is -0.121. The van der Waals surface area contributed by atoms with E-state index in [4.69, 9.17) is 4.74 Å². The zero-order valence-electron chi connectivity index (χ0n) is 15.8. The van der Waals surface area contributed by atoms with E-state index in [-0.39, 0.29) is 11.3 Å². The van der Waals surface area contributed by atoms with E-state index in [1.807, 2.05) is 24.3 Å². The molecule has 2 aromatic rings. The second-order valence-electron chi connectivity index (χ2n) is 7.43. The molecule has 2 rings (SSSR count). The van der Waals surface area contributed by atoms with Crippen LogP contribution in [0.5, 0.6) is 5.75 Å². The third kappa shape index (κ3) is 6.83. The van der Waals surface area contributed by atoms with Gasteiger partial charge in [0.15, 0.2) is 0 Å². The monoisotopic (exact) mass is 417 g/mol. The average molecular weight is 418 g/mol. The molecule has 0 aliphatic carbocycles. The maximum atomic E-state index is 11.9. The zero-order valence-corrected chi connectivity index (χ0v) is 17.4. The van der Waals surface area contributed by atoms with Gasteiger partial charge in [0.25, 0.3) is 0 Å². The van der Waals surface area contributed by atoms with E-state index in [9.17, 15) is 4.79 Å². The zero-order chi connectivity index (χ0) is 19.0. The lowest BCUT2D eigenvalue weighted by Crippen LogP contribution is -2.25. The fourth-order valence-electron chi connectivity index (χ4n) is 2.58. The van der Waals surface area contributed by atoms with Crippen molar-refractivity contribution >= 4 is 21.8 Å². The minimum Gasteiger partial charge on any atom is -0.492 e. The summed E-state index contributed by atoms with van der Waals surface area (Å²) in [5.74, 6) is 0.897. The van der Waals surface area contributed by atoms with E-state index in [1.165, 1.54) is 11.1 Å². The molecule has 1 amide bonds. The maximum Gasteiger partial charge on any atom is 0.220 e. The molecule has 3 nitrogen and oxygen atoms in total. The molecule has 0 spiro atoms. The van der Waals surface area contributed by atoms with Gasteiger partial charge in [-0.15, -0.1) is 0 Å². The highest BCUT2D eigenvalue weighted by Crippen LogP contribution is 2.31. The Kier molecular flexibility index (Phi) is 7.70. The number of rotatable bonds is 8. The molecule has 0 aliphatic heterocycles. The number of nitrogens with one attached hydrogen (secondary N) is 1. The van der Waals surface area contributed by atoms with Gasteiger partial charge < -0.3 is 10.1 Å². The van der Waals surface area contributed by atoms with E-state index in [2.05, 4.69) is 66.3 Å². The molecule has 0 aromatic heterocycles. The van der Waals surface area contributed by atoms with Crippen LogP contribution in [0.2, 0.25) is 0 Å². The van der Waals surface area contributed by atoms with Gasteiger partial charge in [-0.3, -0.25) is 4.79 Å². The van der Waals surface area contributed by atoms with Crippen LogP contribution in [0.3, 0.4) is 0 Å². The van der Waals surface area contributed by atoms with Gasteiger partial charge in [0.2, 0.25) is 5.91 Å². The van der Waals surface area contributed by atoms with Gasteiger partial charge in [0, 0.05) is 13.0 Å². The fourth-order valence-corrected chi connectivity index (χ4v) is 3.07. The highest BCUT2D eigenvalue weighted by Gasteiger charge is 2.15. The maximum absolute atomic E-state index is 11.9. The van der Waals surface area contributed by atoms with Crippen molar-refractivity contribution in [3.05, 3.63) is 64.1 Å². The van der Waals surface area contributed by atoms with Crippen molar-refractivity contribution in [2.75, 3.05) is 13.2 Å². The minimum atomic E-state index is 0.0756. The van der Waals surface area contributed by atoms with Crippen molar-refractivity contribution in [3.63, 3.8) is 0 Å². The molecular formula is C22H28BrNO2. The summed E-state index contributed by atoms with van der Waals surface area (Å²) in [7, 11) is 0. The molecule has 2 aromatic carbocycles. The normalized spacial score (nSPS) is 11.2. The van der Waals surface area contributed by atoms with E-state index in [1.54, 1.807) is 0 Å². The lowest BCUT2D eigenvalue weighted by atomic mass is 9.87. The standard InChI is InChI=1S/C22H28BrNO2/c1-22(2,3)18-11-12-20(19(23)16-18)26-15-7-10-21(25)24-14-13-17-8-5-4-6-9-17/h4-6,8-9,11-12,16H,7,10,13-15H2,1-3H3,(H,24,25). The summed E-state index contributed by atoms with van der Waals surface area (Å²) >= 11 is 3.57. The van der Waals surface area contributed by atoms with Gasteiger partial charge in [-0.05, 0) is 57.4 Å². The third-order valence-corrected chi connectivity index (χ3v) is 4.80. The van der Waals surface area contributed by atoms with Crippen molar-refractivity contribution in [1.82, 2.24) is 5.32 Å². The first-order valence-electron chi connectivity index (χ1n) is 9.10. The summed E-state index contributed by atoms with van der Waals surface area (Å²) in [6.07, 6.45) is 2.03. The van der Waals surface area contributed by atoms with Gasteiger partial charge in [-0.25, -0.2) is 0 Å². The number of carbonyl (C=O) groups excluding carboxylic acids is 1. The molecule has 0 fully saturated rings. The number of hydrogen-bond acceptors (Lipinski definition) is 2. The van der Waals surface area contributed by atoms with Gasteiger partial charge in [0.05, 0.1) is 11.1 Å². The minimum absolute atomic E-state index is 0.0756. The number of ether oxygens (including phenoxy) is 1. The summed E-state index contributed by atoms with van der Waals surface area (Å²) in [5.41, 5.74) is 2.60. The van der Waals surface area contributed by atoms with E-state index < -0.39 is 0 Å². The van der Waals surface area contributed by atoms with Crippen LogP contribution >= 0.6 is 15.9 Å². The largest absolute Gasteiger partial charge is 0.492 e. The van der Waals surface area contributed by atoms with Crippen LogP contribution in [0.15, 0.2) is 53.0 Å². The fraction of sp³-hybridized carbons (Fsp3) is 0.409. The van der Waals surface area contributed by atoms with Crippen molar-refractivity contribution in [2.45, 2.75) is 45.4 Å². The van der Waals surface area contributed by atoms with E-state index in [0.717, 1.165) is 16.6 Å². The Morgan fingerprint density at radius 1 is 1.12 bits per heavy atom. The predicted octanol–water partition coefficient (Wildman–Crippen LogP) is 5.26. The third-order valence-electron chi connectivity index (χ3n) is 4.18. The SMILES string of the molecule is CC(C)(C)c1ccc(OCCCC(=O)NCCc2ccccc2)c(Br)c1. The highest BCUT2D eigenvalue weighted by atomic mass is 79.9. The molecule has 140 valence electrons. The van der Waals surface area contributed by atoms with Crippen LogP contribution in [-0.4, -0.2) is 19.1 Å². The first-order valence-corrected chi connectivity index (χ1v) is 9.89. The number of benzene rings is 2. The second-order valence-corrected chi connectivity index (χ2v) is 8.29. The van der Waals surface area contributed by atoms with Crippen LogP contribution < -0.4 is 10.1 Å². The number of amides is 1. The van der Waals surface area contributed by atoms with Gasteiger partial charge >= 0.3 is 0 Å². The smallest absolute Gasteiger partial charge is 0.220 e. The number of halogens is 1. The van der Waals surface area contributed by atoms with E-state index in [0.29, 0.717) is 26.0 Å². The molecule has 1 N–H and O–H groups in total. The summed E-state index contributed by atoms with van der Waals surface area (Å²) in [4.78, 5) is 11.9. The molecule has 26 heavy (non-hydrogen) atoms. The summed E-state index contributed by atoms with van der Waals surface area (Å²) in [5, 5.41) is 2.96. The molecule has 0 atom stereocenters. The second kappa shape index (κ2) is 9.77. The van der Waals surface area contributed by atoms with Crippen LogP contribution in [0.1, 0.15) is 44.7 Å². The Morgan fingerprint density at radius 2 is 1.85 bits per heavy atom.